The fourth-order valence-corrected chi connectivity index (χ4v) is 7.52. The number of anilines is 1. The number of hydrogen-bond acceptors (Lipinski definition) is 4. The molecule has 4 aliphatic rings. The van der Waals surface area contributed by atoms with Crippen LogP contribution >= 0.6 is 35.2 Å². The molecule has 0 spiro atoms. The van der Waals surface area contributed by atoms with Gasteiger partial charge in [0.15, 0.2) is 10.2 Å². The summed E-state index contributed by atoms with van der Waals surface area (Å²) in [6.07, 6.45) is 8.46. The molecule has 142 valence electrons. The molecule has 1 aromatic carbocycles. The molecular weight excluding hydrogens is 398 g/mol. The van der Waals surface area contributed by atoms with E-state index in [9.17, 15) is 4.79 Å². The Labute approximate surface area is 173 Å². The largest absolute Gasteiger partial charge is 0.308 e. The van der Waals surface area contributed by atoms with E-state index in [-0.39, 0.29) is 11.3 Å². The number of amides is 1. The van der Waals surface area contributed by atoms with Gasteiger partial charge in [0, 0.05) is 11.4 Å². The van der Waals surface area contributed by atoms with Crippen molar-refractivity contribution in [2.24, 2.45) is 23.2 Å². The number of nitrogens with one attached hydrogen (secondary N) is 2. The lowest BCUT2D eigenvalue weighted by atomic mass is 9.49. The van der Waals surface area contributed by atoms with E-state index in [1.165, 1.54) is 49.9 Å². The zero-order valence-electron chi connectivity index (χ0n) is 15.0. The van der Waals surface area contributed by atoms with Crippen molar-refractivity contribution in [3.8, 4) is 0 Å². The second-order valence-electron chi connectivity index (χ2n) is 8.73. The van der Waals surface area contributed by atoms with Crippen LogP contribution in [0.3, 0.4) is 0 Å². The number of halogens is 1. The van der Waals surface area contributed by atoms with Gasteiger partial charge in [-0.15, -0.1) is 0 Å². The van der Waals surface area contributed by atoms with Gasteiger partial charge in [0.25, 0.3) is 0 Å². The van der Waals surface area contributed by atoms with Gasteiger partial charge >= 0.3 is 0 Å². The first kappa shape index (κ1) is 17.8. The second kappa shape index (κ2) is 6.68. The molecule has 4 bridgehead atoms. The zero-order valence-corrected chi connectivity index (χ0v) is 17.4. The molecular formula is C20H22ClN3OS2. The van der Waals surface area contributed by atoms with Crippen molar-refractivity contribution in [2.45, 2.75) is 44.9 Å². The molecule has 2 aromatic rings. The SMILES string of the molecule is O=C(CC12CC3CC(CC(C3)C1)C2)NC(=S)Nc1nc2ccc(Cl)cc2s1. The maximum atomic E-state index is 12.7. The molecule has 7 heteroatoms. The Morgan fingerprint density at radius 1 is 1.22 bits per heavy atom. The fraction of sp³-hybridized carbons (Fsp3) is 0.550. The number of carbonyl (C=O) groups is 1. The van der Waals surface area contributed by atoms with Crippen LogP contribution in [0.25, 0.3) is 10.2 Å². The van der Waals surface area contributed by atoms with Gasteiger partial charge in [-0.25, -0.2) is 4.98 Å². The molecule has 0 aliphatic heterocycles. The van der Waals surface area contributed by atoms with E-state index in [2.05, 4.69) is 15.6 Å². The second-order valence-corrected chi connectivity index (χ2v) is 10.6. The first-order valence-electron chi connectivity index (χ1n) is 9.63. The number of thiocarbonyl (C=S) groups is 1. The number of nitrogens with zero attached hydrogens (tertiary/aromatic N) is 1. The van der Waals surface area contributed by atoms with Gasteiger partial charge in [0.05, 0.1) is 10.2 Å². The fourth-order valence-electron chi connectivity index (χ4n) is 6.10. The maximum Gasteiger partial charge on any atom is 0.226 e. The van der Waals surface area contributed by atoms with Crippen LogP contribution in [0.1, 0.15) is 44.9 Å². The third-order valence-electron chi connectivity index (χ3n) is 6.52. The maximum absolute atomic E-state index is 12.7. The summed E-state index contributed by atoms with van der Waals surface area (Å²) in [4.78, 5) is 17.2. The average Bonchev–Trinajstić information content (AvgIpc) is 2.93. The van der Waals surface area contributed by atoms with E-state index in [0.29, 0.717) is 21.7 Å². The molecule has 27 heavy (non-hydrogen) atoms. The lowest BCUT2D eigenvalue weighted by Gasteiger charge is -2.56. The first-order chi connectivity index (χ1) is 13.0. The van der Waals surface area contributed by atoms with Crippen LogP contribution in [0.2, 0.25) is 5.02 Å². The van der Waals surface area contributed by atoms with Crippen LogP contribution in [0.15, 0.2) is 18.2 Å². The molecule has 4 aliphatic carbocycles. The number of benzene rings is 1. The number of fused-ring (bicyclic) bond motifs is 1. The normalized spacial score (nSPS) is 31.2. The molecule has 1 amide bonds. The average molecular weight is 420 g/mol. The zero-order chi connectivity index (χ0) is 18.6. The van der Waals surface area contributed by atoms with Crippen molar-refractivity contribution in [3.05, 3.63) is 23.2 Å². The Kier molecular flexibility index (Phi) is 4.41. The minimum Gasteiger partial charge on any atom is -0.308 e. The van der Waals surface area contributed by atoms with Crippen molar-refractivity contribution >= 4 is 61.5 Å². The molecule has 0 radical (unpaired) electrons. The Morgan fingerprint density at radius 3 is 2.56 bits per heavy atom. The van der Waals surface area contributed by atoms with E-state index in [1.807, 2.05) is 18.2 Å². The number of rotatable bonds is 3. The summed E-state index contributed by atoms with van der Waals surface area (Å²) in [5.74, 6) is 2.59. The highest BCUT2D eigenvalue weighted by atomic mass is 35.5. The number of hydrogen-bond donors (Lipinski definition) is 2. The summed E-state index contributed by atoms with van der Waals surface area (Å²) in [5.41, 5.74) is 1.09. The summed E-state index contributed by atoms with van der Waals surface area (Å²) >= 11 is 12.9. The van der Waals surface area contributed by atoms with E-state index in [4.69, 9.17) is 23.8 Å². The lowest BCUT2D eigenvalue weighted by molar-refractivity contribution is -0.127. The quantitative estimate of drug-likeness (QED) is 0.656. The van der Waals surface area contributed by atoms with Gasteiger partial charge in [-0.05, 0) is 92.1 Å². The van der Waals surface area contributed by atoms with E-state index in [1.54, 1.807) is 0 Å². The number of thiazole rings is 1. The minimum absolute atomic E-state index is 0.0404. The summed E-state index contributed by atoms with van der Waals surface area (Å²) in [5, 5.41) is 7.62. The van der Waals surface area contributed by atoms with Crippen LogP contribution in [0.4, 0.5) is 5.13 Å². The molecule has 1 heterocycles. The monoisotopic (exact) mass is 419 g/mol. The molecule has 4 saturated carbocycles. The van der Waals surface area contributed by atoms with Crippen molar-refractivity contribution in [2.75, 3.05) is 5.32 Å². The molecule has 4 nitrogen and oxygen atoms in total. The van der Waals surface area contributed by atoms with E-state index >= 15 is 0 Å². The predicted octanol–water partition coefficient (Wildman–Crippen LogP) is 5.37. The van der Waals surface area contributed by atoms with Crippen LogP contribution in [0.5, 0.6) is 0 Å². The van der Waals surface area contributed by atoms with E-state index < -0.39 is 0 Å². The smallest absolute Gasteiger partial charge is 0.226 e. The highest BCUT2D eigenvalue weighted by Crippen LogP contribution is 2.61. The van der Waals surface area contributed by atoms with Gasteiger partial charge in [0.1, 0.15) is 0 Å². The van der Waals surface area contributed by atoms with Crippen LogP contribution in [-0.4, -0.2) is 16.0 Å². The Hall–Kier alpha value is -1.24. The topological polar surface area (TPSA) is 54.0 Å². The van der Waals surface area contributed by atoms with Crippen molar-refractivity contribution in [3.63, 3.8) is 0 Å². The van der Waals surface area contributed by atoms with E-state index in [0.717, 1.165) is 28.0 Å². The third kappa shape index (κ3) is 3.59. The van der Waals surface area contributed by atoms with Gasteiger partial charge in [-0.1, -0.05) is 22.9 Å². The molecule has 0 saturated heterocycles. The summed E-state index contributed by atoms with van der Waals surface area (Å²) in [7, 11) is 0. The molecule has 4 fully saturated rings. The lowest BCUT2D eigenvalue weighted by Crippen LogP contribution is -2.48. The standard InChI is InChI=1S/C20H22ClN3OS2/c21-14-1-2-15-16(6-14)27-19(22-15)24-18(26)23-17(25)10-20-7-11-3-12(8-20)5-13(4-11)9-20/h1-2,6,11-13H,3-5,7-10H2,(H2,22,23,24,25,26). The Morgan fingerprint density at radius 2 is 1.89 bits per heavy atom. The van der Waals surface area contributed by atoms with Crippen LogP contribution in [0, 0.1) is 23.2 Å². The highest BCUT2D eigenvalue weighted by Gasteiger charge is 2.51. The molecule has 0 atom stereocenters. The first-order valence-corrected chi connectivity index (χ1v) is 11.2. The van der Waals surface area contributed by atoms with Gasteiger partial charge in [-0.3, -0.25) is 4.79 Å². The third-order valence-corrected chi connectivity index (χ3v) is 7.90. The summed E-state index contributed by atoms with van der Waals surface area (Å²) < 4.78 is 0.993. The predicted molar refractivity (Wildman–Crippen MR) is 114 cm³/mol. The van der Waals surface area contributed by atoms with Crippen molar-refractivity contribution in [1.82, 2.24) is 10.3 Å². The Bertz CT molecular complexity index is 890. The van der Waals surface area contributed by atoms with Crippen LogP contribution in [-0.2, 0) is 4.79 Å². The van der Waals surface area contributed by atoms with Crippen molar-refractivity contribution in [1.29, 1.82) is 0 Å². The molecule has 1 aromatic heterocycles. The highest BCUT2D eigenvalue weighted by molar-refractivity contribution is 7.80. The number of aromatic nitrogens is 1. The van der Waals surface area contributed by atoms with Crippen molar-refractivity contribution < 1.29 is 4.79 Å². The molecule has 0 unspecified atom stereocenters. The minimum atomic E-state index is 0.0404. The van der Waals surface area contributed by atoms with Crippen LogP contribution < -0.4 is 10.6 Å². The van der Waals surface area contributed by atoms with Gasteiger partial charge in [-0.2, -0.15) is 0 Å². The number of carbonyl (C=O) groups excluding carboxylic acids is 1. The molecule has 2 N–H and O–H groups in total. The summed E-state index contributed by atoms with van der Waals surface area (Å²) in [6.45, 7) is 0. The Balaban J connectivity index is 1.21. The van der Waals surface area contributed by atoms with Gasteiger partial charge in [0.2, 0.25) is 5.91 Å². The summed E-state index contributed by atoms with van der Waals surface area (Å²) in [6, 6.07) is 5.58. The molecule has 6 rings (SSSR count). The van der Waals surface area contributed by atoms with Gasteiger partial charge < -0.3 is 10.6 Å².